The molecule has 0 aromatic heterocycles. The number of methoxy groups -OCH3 is 1. The smallest absolute Gasteiger partial charge is 0.178 e. The van der Waals surface area contributed by atoms with Gasteiger partial charge in [0.2, 0.25) is 0 Å². The van der Waals surface area contributed by atoms with Crippen LogP contribution in [0.3, 0.4) is 0 Å². The van der Waals surface area contributed by atoms with Gasteiger partial charge in [0.15, 0.2) is 5.05 Å². The summed E-state index contributed by atoms with van der Waals surface area (Å²) in [5, 5.41) is 3.31. The molecule has 0 aliphatic carbocycles. The predicted octanol–water partition coefficient (Wildman–Crippen LogP) is -0.164. The van der Waals surface area contributed by atoms with Crippen LogP contribution in [-0.2, 0) is 4.74 Å². The van der Waals surface area contributed by atoms with E-state index >= 15 is 0 Å². The summed E-state index contributed by atoms with van der Waals surface area (Å²) in [6.45, 7) is 0.809. The zero-order chi connectivity index (χ0) is 7.98. The summed E-state index contributed by atoms with van der Waals surface area (Å²) < 4.78 is 4.71. The molecule has 10 heavy (non-hydrogen) atoms. The van der Waals surface area contributed by atoms with Crippen LogP contribution in [0.15, 0.2) is 0 Å². The molecule has 3 nitrogen and oxygen atoms in total. The number of hydrogen-bond acceptors (Lipinski definition) is 4. The van der Waals surface area contributed by atoms with Crippen LogP contribution in [0.1, 0.15) is 0 Å². The Bertz CT molecular complexity index is 122. The maximum Gasteiger partial charge on any atom is 0.178 e. The third-order valence-electron chi connectivity index (χ3n) is 0.843. The third kappa shape index (κ3) is 4.60. The van der Waals surface area contributed by atoms with E-state index in [2.05, 4.69) is 5.32 Å². The lowest BCUT2D eigenvalue weighted by atomic mass is 10.6. The molecule has 0 spiro atoms. The van der Waals surface area contributed by atoms with Crippen LogP contribution in [0.5, 0.6) is 0 Å². The van der Waals surface area contributed by atoms with E-state index in [0.29, 0.717) is 23.1 Å². The molecule has 0 saturated heterocycles. The quantitative estimate of drug-likeness (QED) is 0.588. The van der Waals surface area contributed by atoms with Gasteiger partial charge in [-0.3, -0.25) is 0 Å². The van der Waals surface area contributed by atoms with Crippen molar-refractivity contribution in [1.82, 2.24) is 5.32 Å². The summed E-state index contributed by atoms with van der Waals surface area (Å²) in [5.74, 6) is 0. The van der Waals surface area contributed by atoms with Gasteiger partial charge in [-0.15, -0.1) is 0 Å². The van der Waals surface area contributed by atoms with E-state index in [1.54, 1.807) is 0 Å². The maximum absolute atomic E-state index is 5.21. The first-order valence-electron chi connectivity index (χ1n) is 2.74. The summed E-state index contributed by atoms with van der Waals surface area (Å²) in [6.07, 6.45) is 0. The van der Waals surface area contributed by atoms with Gasteiger partial charge in [0.05, 0.1) is 18.6 Å². The molecular formula is C5H10N2OS2. The number of rotatable bonds is 3. The van der Waals surface area contributed by atoms with E-state index in [1.807, 2.05) is 0 Å². The van der Waals surface area contributed by atoms with Crippen molar-refractivity contribution in [2.45, 2.75) is 0 Å². The second kappa shape index (κ2) is 5.52. The average molecular weight is 178 g/mol. The second-order valence-electron chi connectivity index (χ2n) is 1.56. The first-order chi connectivity index (χ1) is 4.70. The highest BCUT2D eigenvalue weighted by Crippen LogP contribution is 1.75. The fourth-order valence-electron chi connectivity index (χ4n) is 0.315. The van der Waals surface area contributed by atoms with Gasteiger partial charge in [0.25, 0.3) is 0 Å². The number of nitrogens with one attached hydrogen (secondary N) is 1. The first kappa shape index (κ1) is 9.74. The standard InChI is InChI=1S/C5H10N2OS2/c1-8-5(10)3-7-4(9)2-6/h2-3,6H2,1H3,(H,7,9). The lowest BCUT2D eigenvalue weighted by Crippen LogP contribution is -2.32. The van der Waals surface area contributed by atoms with E-state index in [9.17, 15) is 0 Å². The van der Waals surface area contributed by atoms with Crippen molar-refractivity contribution >= 4 is 34.5 Å². The Labute approximate surface area is 70.9 Å². The van der Waals surface area contributed by atoms with Crippen molar-refractivity contribution in [3.8, 4) is 0 Å². The van der Waals surface area contributed by atoms with Gasteiger partial charge in [0, 0.05) is 6.54 Å². The van der Waals surface area contributed by atoms with E-state index in [0.717, 1.165) is 0 Å². The van der Waals surface area contributed by atoms with Crippen LogP contribution in [0, 0.1) is 0 Å². The average Bonchev–Trinajstić information content (AvgIpc) is 1.99. The molecule has 0 aromatic carbocycles. The Morgan fingerprint density at radius 3 is 2.60 bits per heavy atom. The second-order valence-corrected chi connectivity index (χ2v) is 2.51. The molecule has 0 aromatic rings. The Balaban J connectivity index is 3.35. The highest BCUT2D eigenvalue weighted by atomic mass is 32.1. The molecule has 0 unspecified atom stereocenters. The lowest BCUT2D eigenvalue weighted by Gasteiger charge is -2.04. The zero-order valence-electron chi connectivity index (χ0n) is 5.72. The van der Waals surface area contributed by atoms with Gasteiger partial charge >= 0.3 is 0 Å². The summed E-state index contributed by atoms with van der Waals surface area (Å²) in [4.78, 5) is 0.597. The molecule has 0 fully saturated rings. The van der Waals surface area contributed by atoms with Crippen molar-refractivity contribution in [2.75, 3.05) is 20.2 Å². The highest BCUT2D eigenvalue weighted by molar-refractivity contribution is 7.80. The summed E-state index contributed by atoms with van der Waals surface area (Å²) in [5.41, 5.74) is 5.21. The molecule has 0 amide bonds. The highest BCUT2D eigenvalue weighted by Gasteiger charge is 1.94. The lowest BCUT2D eigenvalue weighted by molar-refractivity contribution is 0.406. The molecule has 0 bridgehead atoms. The molecule has 0 rings (SSSR count). The van der Waals surface area contributed by atoms with Crippen LogP contribution in [0.4, 0.5) is 0 Å². The van der Waals surface area contributed by atoms with E-state index in [4.69, 9.17) is 34.9 Å². The fraction of sp³-hybridized carbons (Fsp3) is 0.600. The number of ether oxygens (including phenoxy) is 1. The fourth-order valence-corrected chi connectivity index (χ4v) is 0.459. The summed E-state index contributed by atoms with van der Waals surface area (Å²) in [7, 11) is 1.52. The van der Waals surface area contributed by atoms with Gasteiger partial charge < -0.3 is 15.8 Å². The molecule has 0 atom stereocenters. The molecule has 0 aliphatic rings. The van der Waals surface area contributed by atoms with Crippen molar-refractivity contribution < 1.29 is 4.74 Å². The zero-order valence-corrected chi connectivity index (χ0v) is 7.35. The molecule has 0 saturated carbocycles. The maximum atomic E-state index is 5.21. The Morgan fingerprint density at radius 2 is 2.20 bits per heavy atom. The summed E-state index contributed by atoms with van der Waals surface area (Å²) >= 11 is 9.51. The van der Waals surface area contributed by atoms with Crippen molar-refractivity contribution in [2.24, 2.45) is 5.73 Å². The van der Waals surface area contributed by atoms with E-state index in [1.165, 1.54) is 7.11 Å². The van der Waals surface area contributed by atoms with Gasteiger partial charge in [-0.2, -0.15) is 0 Å². The largest absolute Gasteiger partial charge is 0.488 e. The molecule has 58 valence electrons. The summed E-state index contributed by atoms with van der Waals surface area (Å²) in [6, 6.07) is 0. The minimum atomic E-state index is 0.349. The Kier molecular flexibility index (Phi) is 5.38. The van der Waals surface area contributed by atoms with Crippen LogP contribution in [-0.4, -0.2) is 30.2 Å². The van der Waals surface area contributed by atoms with Crippen LogP contribution >= 0.6 is 24.4 Å². The molecule has 3 N–H and O–H groups in total. The Morgan fingerprint density at radius 1 is 1.60 bits per heavy atom. The van der Waals surface area contributed by atoms with Crippen molar-refractivity contribution in [3.63, 3.8) is 0 Å². The van der Waals surface area contributed by atoms with Crippen molar-refractivity contribution in [1.29, 1.82) is 0 Å². The first-order valence-corrected chi connectivity index (χ1v) is 3.56. The van der Waals surface area contributed by atoms with Gasteiger partial charge in [-0.1, -0.05) is 12.2 Å². The van der Waals surface area contributed by atoms with Gasteiger partial charge in [-0.05, 0) is 12.2 Å². The molecule has 5 heteroatoms. The molecule has 0 aliphatic heterocycles. The number of nitrogens with two attached hydrogens (primary N) is 1. The Hall–Kier alpha value is -0.260. The predicted molar refractivity (Wildman–Crippen MR) is 49.3 cm³/mol. The van der Waals surface area contributed by atoms with Crippen LogP contribution in [0.2, 0.25) is 0 Å². The molecule has 0 radical (unpaired) electrons. The van der Waals surface area contributed by atoms with Crippen molar-refractivity contribution in [3.05, 3.63) is 0 Å². The molecular weight excluding hydrogens is 168 g/mol. The van der Waals surface area contributed by atoms with Crippen LogP contribution in [0.25, 0.3) is 0 Å². The molecule has 0 heterocycles. The third-order valence-corrected chi connectivity index (χ3v) is 1.46. The number of thiocarbonyl (C=S) groups is 2. The van der Waals surface area contributed by atoms with E-state index < -0.39 is 0 Å². The monoisotopic (exact) mass is 178 g/mol. The SMILES string of the molecule is COC(=S)CNC(=S)CN. The minimum Gasteiger partial charge on any atom is -0.488 e. The number of hydrogen-bond donors (Lipinski definition) is 2. The van der Waals surface area contributed by atoms with Gasteiger partial charge in [0.1, 0.15) is 0 Å². The van der Waals surface area contributed by atoms with E-state index in [-0.39, 0.29) is 0 Å². The minimum absolute atomic E-state index is 0.349. The topological polar surface area (TPSA) is 47.3 Å². The van der Waals surface area contributed by atoms with Gasteiger partial charge in [-0.25, -0.2) is 0 Å². The van der Waals surface area contributed by atoms with Crippen LogP contribution < -0.4 is 11.1 Å². The normalized spacial score (nSPS) is 8.60.